The Hall–Kier alpha value is -3.59. The van der Waals surface area contributed by atoms with Crippen molar-refractivity contribution in [2.24, 2.45) is 0 Å². The van der Waals surface area contributed by atoms with Gasteiger partial charge in [0, 0.05) is 19.0 Å². The number of hydrogen-bond acceptors (Lipinski definition) is 7. The van der Waals surface area contributed by atoms with Crippen LogP contribution in [0.5, 0.6) is 0 Å². The summed E-state index contributed by atoms with van der Waals surface area (Å²) in [5.41, 5.74) is 7.61. The fraction of sp³-hybridized carbons (Fsp3) is 0.250. The number of benzene rings is 2. The van der Waals surface area contributed by atoms with E-state index in [0.29, 0.717) is 24.5 Å². The molecule has 0 saturated heterocycles. The lowest BCUT2D eigenvalue weighted by atomic mass is 10.1. The molecule has 1 heterocycles. The summed E-state index contributed by atoms with van der Waals surface area (Å²) in [5, 5.41) is 3.06. The largest absolute Gasteiger partial charge is 0.467 e. The van der Waals surface area contributed by atoms with Gasteiger partial charge >= 0.3 is 5.97 Å². The van der Waals surface area contributed by atoms with E-state index in [1.807, 2.05) is 60.7 Å². The molecule has 33 heavy (non-hydrogen) atoms. The van der Waals surface area contributed by atoms with Crippen LogP contribution < -0.4 is 16.6 Å². The van der Waals surface area contributed by atoms with Gasteiger partial charge in [-0.1, -0.05) is 72.4 Å². The second kappa shape index (κ2) is 11.9. The monoisotopic (exact) mass is 466 g/mol. The number of nitrogens with one attached hydrogen (secondary N) is 1. The van der Waals surface area contributed by atoms with Crippen molar-refractivity contribution in [3.63, 3.8) is 0 Å². The molecule has 0 saturated carbocycles. The zero-order valence-electron chi connectivity index (χ0n) is 18.3. The first-order valence-electron chi connectivity index (χ1n) is 10.4. The molecule has 0 fully saturated rings. The molecule has 3 N–H and O–H groups in total. The molecule has 0 aliphatic rings. The first kappa shape index (κ1) is 24.1. The number of ether oxygens (including phenoxy) is 1. The normalized spacial score (nSPS) is 11.5. The smallest absolute Gasteiger partial charge is 0.328 e. The Morgan fingerprint density at radius 2 is 1.73 bits per heavy atom. The van der Waals surface area contributed by atoms with E-state index in [9.17, 15) is 14.4 Å². The minimum absolute atomic E-state index is 0.0382. The van der Waals surface area contributed by atoms with E-state index in [-0.39, 0.29) is 17.5 Å². The fourth-order valence-corrected chi connectivity index (χ4v) is 4.12. The SMILES string of the molecule is COC(=O)[C@H](Cc1ccccc1)NC(=O)CSc1nc(=O)cc(N)n1CCc1ccccc1. The van der Waals surface area contributed by atoms with Crippen LogP contribution in [0.3, 0.4) is 0 Å². The van der Waals surface area contributed by atoms with Crippen molar-refractivity contribution in [3.05, 3.63) is 88.2 Å². The van der Waals surface area contributed by atoms with Crippen molar-refractivity contribution in [1.29, 1.82) is 0 Å². The third-order valence-electron chi connectivity index (χ3n) is 4.92. The molecule has 3 aromatic rings. The Morgan fingerprint density at radius 3 is 2.36 bits per heavy atom. The number of nitrogens with two attached hydrogens (primary N) is 1. The lowest BCUT2D eigenvalue weighted by molar-refractivity contribution is -0.144. The number of nitrogen functional groups attached to an aromatic ring is 1. The van der Waals surface area contributed by atoms with Gasteiger partial charge < -0.3 is 20.4 Å². The maximum Gasteiger partial charge on any atom is 0.328 e. The zero-order valence-corrected chi connectivity index (χ0v) is 19.1. The predicted molar refractivity (Wildman–Crippen MR) is 128 cm³/mol. The lowest BCUT2D eigenvalue weighted by Gasteiger charge is -2.17. The zero-order chi connectivity index (χ0) is 23.6. The fourth-order valence-electron chi connectivity index (χ4n) is 3.27. The number of carbonyl (C=O) groups excluding carboxylic acids is 2. The summed E-state index contributed by atoms with van der Waals surface area (Å²) in [7, 11) is 1.28. The highest BCUT2D eigenvalue weighted by atomic mass is 32.2. The number of methoxy groups -OCH3 is 1. The topological polar surface area (TPSA) is 116 Å². The number of rotatable bonds is 10. The molecule has 0 unspecified atom stereocenters. The average molecular weight is 467 g/mol. The van der Waals surface area contributed by atoms with Gasteiger partial charge in [-0.3, -0.25) is 9.59 Å². The summed E-state index contributed by atoms with van der Waals surface area (Å²) < 4.78 is 6.55. The van der Waals surface area contributed by atoms with Crippen molar-refractivity contribution < 1.29 is 14.3 Å². The highest BCUT2D eigenvalue weighted by molar-refractivity contribution is 7.99. The maximum atomic E-state index is 12.6. The minimum atomic E-state index is -0.820. The Balaban J connectivity index is 1.66. The van der Waals surface area contributed by atoms with Gasteiger partial charge in [-0.25, -0.2) is 4.79 Å². The van der Waals surface area contributed by atoms with Crippen LogP contribution in [0.2, 0.25) is 0 Å². The third-order valence-corrected chi connectivity index (χ3v) is 5.90. The molecular formula is C24H26N4O4S. The van der Waals surface area contributed by atoms with Gasteiger partial charge in [0.1, 0.15) is 11.9 Å². The number of hydrogen-bond donors (Lipinski definition) is 2. The van der Waals surface area contributed by atoms with Crippen molar-refractivity contribution >= 4 is 29.5 Å². The number of carbonyl (C=O) groups is 2. The molecule has 3 rings (SSSR count). The number of esters is 1. The summed E-state index contributed by atoms with van der Waals surface area (Å²) in [6, 6.07) is 19.7. The maximum absolute atomic E-state index is 12.6. The van der Waals surface area contributed by atoms with E-state index < -0.39 is 17.6 Å². The van der Waals surface area contributed by atoms with Crippen molar-refractivity contribution in [2.45, 2.75) is 30.6 Å². The van der Waals surface area contributed by atoms with Crippen LogP contribution in [0.4, 0.5) is 5.82 Å². The van der Waals surface area contributed by atoms with Gasteiger partial charge in [-0.15, -0.1) is 0 Å². The van der Waals surface area contributed by atoms with Crippen LogP contribution in [0, 0.1) is 0 Å². The molecule has 1 aromatic heterocycles. The number of aromatic nitrogens is 2. The van der Waals surface area contributed by atoms with Gasteiger partial charge in [0.15, 0.2) is 5.16 Å². The van der Waals surface area contributed by atoms with Gasteiger partial charge in [-0.2, -0.15) is 4.98 Å². The molecule has 172 valence electrons. The highest BCUT2D eigenvalue weighted by Gasteiger charge is 2.22. The molecular weight excluding hydrogens is 440 g/mol. The summed E-state index contributed by atoms with van der Waals surface area (Å²) in [6.45, 7) is 0.506. The molecule has 8 nitrogen and oxygen atoms in total. The Bertz CT molecular complexity index is 1140. The number of nitrogens with zero attached hydrogens (tertiary/aromatic N) is 2. The predicted octanol–water partition coefficient (Wildman–Crippen LogP) is 2.06. The van der Waals surface area contributed by atoms with Gasteiger partial charge in [0.05, 0.1) is 12.9 Å². The molecule has 0 spiro atoms. The number of amides is 1. The van der Waals surface area contributed by atoms with Crippen LogP contribution in [0.25, 0.3) is 0 Å². The molecule has 2 aromatic carbocycles. The summed E-state index contributed by atoms with van der Waals surface area (Å²) in [4.78, 5) is 40.7. The lowest BCUT2D eigenvalue weighted by Crippen LogP contribution is -2.43. The first-order chi connectivity index (χ1) is 16.0. The molecule has 0 bridgehead atoms. The van der Waals surface area contributed by atoms with E-state index in [2.05, 4.69) is 10.3 Å². The third kappa shape index (κ3) is 7.21. The van der Waals surface area contributed by atoms with Crippen LogP contribution in [0.15, 0.2) is 76.7 Å². The number of thioether (sulfide) groups is 1. The van der Waals surface area contributed by atoms with Crippen molar-refractivity contribution in [3.8, 4) is 0 Å². The van der Waals surface area contributed by atoms with E-state index in [1.165, 1.54) is 13.2 Å². The highest BCUT2D eigenvalue weighted by Crippen LogP contribution is 2.18. The Morgan fingerprint density at radius 1 is 1.09 bits per heavy atom. The van der Waals surface area contributed by atoms with E-state index in [4.69, 9.17) is 10.5 Å². The van der Waals surface area contributed by atoms with E-state index >= 15 is 0 Å². The number of anilines is 1. The molecule has 0 aliphatic heterocycles. The van der Waals surface area contributed by atoms with Gasteiger partial charge in [0.2, 0.25) is 5.91 Å². The van der Waals surface area contributed by atoms with E-state index in [0.717, 1.165) is 22.9 Å². The van der Waals surface area contributed by atoms with Crippen LogP contribution >= 0.6 is 11.8 Å². The molecule has 9 heteroatoms. The van der Waals surface area contributed by atoms with E-state index in [1.54, 1.807) is 4.57 Å². The number of aryl methyl sites for hydroxylation is 1. The standard InChI is InChI=1S/C24H26N4O4S/c1-32-23(31)19(14-18-10-6-3-7-11-18)26-22(30)16-33-24-27-21(29)15-20(25)28(24)13-12-17-8-4-2-5-9-17/h2-11,15,19H,12-14,16,25H2,1H3,(H,26,30)/t19-/m0/s1. The summed E-state index contributed by atoms with van der Waals surface area (Å²) in [5.74, 6) is -0.661. The van der Waals surface area contributed by atoms with Crippen LogP contribution in [-0.2, 0) is 33.7 Å². The minimum Gasteiger partial charge on any atom is -0.467 e. The molecule has 0 radical (unpaired) electrons. The molecule has 1 atom stereocenters. The average Bonchev–Trinajstić information content (AvgIpc) is 2.82. The van der Waals surface area contributed by atoms with Crippen LogP contribution in [0.1, 0.15) is 11.1 Å². The summed E-state index contributed by atoms with van der Waals surface area (Å²) in [6.07, 6.45) is 0.999. The molecule has 1 amide bonds. The van der Waals surface area contributed by atoms with Crippen molar-refractivity contribution in [1.82, 2.24) is 14.9 Å². The quantitative estimate of drug-likeness (QED) is 0.267. The van der Waals surface area contributed by atoms with Crippen molar-refractivity contribution in [2.75, 3.05) is 18.6 Å². The van der Waals surface area contributed by atoms with Crippen LogP contribution in [-0.4, -0.2) is 40.3 Å². The second-order valence-electron chi connectivity index (χ2n) is 7.31. The first-order valence-corrected chi connectivity index (χ1v) is 11.4. The second-order valence-corrected chi connectivity index (χ2v) is 8.25. The van der Waals surface area contributed by atoms with Gasteiger partial charge in [-0.05, 0) is 17.5 Å². The Labute approximate surface area is 196 Å². The summed E-state index contributed by atoms with van der Waals surface area (Å²) >= 11 is 1.09. The van der Waals surface area contributed by atoms with Gasteiger partial charge in [0.25, 0.3) is 5.56 Å². The molecule has 0 aliphatic carbocycles. The Kier molecular flexibility index (Phi) is 8.65.